The van der Waals surface area contributed by atoms with Crippen molar-refractivity contribution in [2.45, 2.75) is 31.1 Å². The molecule has 4 heteroatoms. The van der Waals surface area contributed by atoms with Gasteiger partial charge in [-0.2, -0.15) is 11.8 Å². The lowest BCUT2D eigenvalue weighted by Crippen LogP contribution is -2.45. The van der Waals surface area contributed by atoms with Crippen LogP contribution in [0.3, 0.4) is 0 Å². The number of thioether (sulfide) groups is 1. The molecule has 86 valence electrons. The first-order chi connectivity index (χ1) is 7.15. The van der Waals surface area contributed by atoms with E-state index in [0.717, 1.165) is 6.42 Å². The molecule has 1 N–H and O–H groups in total. The van der Waals surface area contributed by atoms with Gasteiger partial charge in [0.15, 0.2) is 0 Å². The number of rotatable bonds is 5. The second kappa shape index (κ2) is 6.18. The van der Waals surface area contributed by atoms with Crippen molar-refractivity contribution in [1.82, 2.24) is 4.90 Å². The van der Waals surface area contributed by atoms with Crippen molar-refractivity contribution in [3.63, 3.8) is 0 Å². The summed E-state index contributed by atoms with van der Waals surface area (Å²) in [5.41, 5.74) is 0. The first-order valence-electron chi connectivity index (χ1n) is 5.33. The van der Waals surface area contributed by atoms with Crippen LogP contribution in [0.25, 0.3) is 0 Å². The summed E-state index contributed by atoms with van der Waals surface area (Å²) in [6.07, 6.45) is 4.08. The first-order valence-corrected chi connectivity index (χ1v) is 6.38. The molecular formula is C11H19NO2S. The SMILES string of the molecule is C=CCN(CC(=O)O)C1CCCSC1C. The fourth-order valence-corrected chi connectivity index (χ4v) is 3.28. The Balaban J connectivity index is 2.59. The van der Waals surface area contributed by atoms with Crippen LogP contribution in [0.4, 0.5) is 0 Å². The molecule has 3 nitrogen and oxygen atoms in total. The van der Waals surface area contributed by atoms with Gasteiger partial charge in [-0.15, -0.1) is 6.58 Å². The van der Waals surface area contributed by atoms with E-state index in [1.165, 1.54) is 12.2 Å². The lowest BCUT2D eigenvalue weighted by molar-refractivity contribution is -0.138. The second-order valence-electron chi connectivity index (χ2n) is 3.90. The van der Waals surface area contributed by atoms with Crippen LogP contribution in [0.2, 0.25) is 0 Å². The van der Waals surface area contributed by atoms with Gasteiger partial charge in [-0.3, -0.25) is 9.69 Å². The number of aliphatic carboxylic acids is 1. The molecule has 0 aliphatic carbocycles. The summed E-state index contributed by atoms with van der Waals surface area (Å²) in [5.74, 6) is 0.451. The molecule has 1 saturated heterocycles. The van der Waals surface area contributed by atoms with Crippen LogP contribution in [0.15, 0.2) is 12.7 Å². The van der Waals surface area contributed by atoms with Gasteiger partial charge >= 0.3 is 5.97 Å². The van der Waals surface area contributed by atoms with Crippen molar-refractivity contribution in [2.75, 3.05) is 18.8 Å². The van der Waals surface area contributed by atoms with Crippen molar-refractivity contribution >= 4 is 17.7 Å². The summed E-state index contributed by atoms with van der Waals surface area (Å²) in [6.45, 7) is 6.67. The summed E-state index contributed by atoms with van der Waals surface area (Å²) >= 11 is 1.94. The van der Waals surface area contributed by atoms with Gasteiger partial charge in [0.05, 0.1) is 6.54 Å². The summed E-state index contributed by atoms with van der Waals surface area (Å²) in [4.78, 5) is 12.8. The van der Waals surface area contributed by atoms with Gasteiger partial charge in [0.2, 0.25) is 0 Å². The number of hydrogen-bond acceptors (Lipinski definition) is 3. The topological polar surface area (TPSA) is 40.5 Å². The van der Waals surface area contributed by atoms with Crippen molar-refractivity contribution in [3.8, 4) is 0 Å². The summed E-state index contributed by atoms with van der Waals surface area (Å²) in [7, 11) is 0. The molecule has 1 heterocycles. The lowest BCUT2D eigenvalue weighted by atomic mass is 10.1. The maximum absolute atomic E-state index is 10.8. The van der Waals surface area contributed by atoms with E-state index in [0.29, 0.717) is 17.8 Å². The first kappa shape index (κ1) is 12.6. The molecule has 0 amide bonds. The predicted molar refractivity (Wildman–Crippen MR) is 64.3 cm³/mol. The standard InChI is InChI=1S/C11H19NO2S/c1-3-6-12(8-11(13)14)10-5-4-7-15-9(10)2/h3,9-10H,1,4-8H2,2H3,(H,13,14). The zero-order chi connectivity index (χ0) is 11.3. The molecule has 15 heavy (non-hydrogen) atoms. The Morgan fingerprint density at radius 3 is 3.00 bits per heavy atom. The zero-order valence-corrected chi connectivity index (χ0v) is 10.0. The Morgan fingerprint density at radius 1 is 1.73 bits per heavy atom. The Labute approximate surface area is 95.5 Å². The summed E-state index contributed by atoms with van der Waals surface area (Å²) in [6, 6.07) is 0.387. The number of nitrogens with zero attached hydrogens (tertiary/aromatic N) is 1. The highest BCUT2D eigenvalue weighted by Crippen LogP contribution is 2.28. The quantitative estimate of drug-likeness (QED) is 0.730. The van der Waals surface area contributed by atoms with Crippen LogP contribution in [0.1, 0.15) is 19.8 Å². The number of hydrogen-bond donors (Lipinski definition) is 1. The predicted octanol–water partition coefficient (Wildman–Crippen LogP) is 1.84. The van der Waals surface area contributed by atoms with Gasteiger partial charge < -0.3 is 5.11 Å². The largest absolute Gasteiger partial charge is 0.480 e. The van der Waals surface area contributed by atoms with Crippen LogP contribution in [0.5, 0.6) is 0 Å². The van der Waals surface area contributed by atoms with Crippen LogP contribution in [0, 0.1) is 0 Å². The van der Waals surface area contributed by atoms with E-state index in [1.807, 2.05) is 16.7 Å². The molecule has 1 aliphatic heterocycles. The molecule has 1 rings (SSSR count). The van der Waals surface area contributed by atoms with Gasteiger partial charge in [0.1, 0.15) is 0 Å². The molecule has 0 aromatic carbocycles. The minimum atomic E-state index is -0.750. The van der Waals surface area contributed by atoms with E-state index in [9.17, 15) is 4.79 Å². The monoisotopic (exact) mass is 229 g/mol. The van der Waals surface area contributed by atoms with Crippen LogP contribution >= 0.6 is 11.8 Å². The Bertz CT molecular complexity index is 233. The smallest absolute Gasteiger partial charge is 0.317 e. The second-order valence-corrected chi connectivity index (χ2v) is 5.38. The average molecular weight is 229 g/mol. The molecule has 2 unspecified atom stereocenters. The third kappa shape index (κ3) is 3.87. The Morgan fingerprint density at radius 2 is 2.47 bits per heavy atom. The molecule has 0 aromatic heterocycles. The number of carboxylic acid groups (broad SMARTS) is 1. The Kier molecular flexibility index (Phi) is 5.19. The zero-order valence-electron chi connectivity index (χ0n) is 9.19. The van der Waals surface area contributed by atoms with Gasteiger partial charge in [-0.05, 0) is 18.6 Å². The van der Waals surface area contributed by atoms with E-state index in [4.69, 9.17) is 5.11 Å². The van der Waals surface area contributed by atoms with Crippen molar-refractivity contribution in [1.29, 1.82) is 0 Å². The van der Waals surface area contributed by atoms with Crippen LogP contribution < -0.4 is 0 Å². The maximum Gasteiger partial charge on any atom is 0.317 e. The Hall–Kier alpha value is -0.480. The minimum Gasteiger partial charge on any atom is -0.480 e. The van der Waals surface area contributed by atoms with Crippen molar-refractivity contribution < 1.29 is 9.90 Å². The van der Waals surface area contributed by atoms with Crippen molar-refractivity contribution in [3.05, 3.63) is 12.7 Å². The highest BCUT2D eigenvalue weighted by molar-refractivity contribution is 7.99. The van der Waals surface area contributed by atoms with E-state index >= 15 is 0 Å². The van der Waals surface area contributed by atoms with Gasteiger partial charge in [-0.1, -0.05) is 13.0 Å². The highest BCUT2D eigenvalue weighted by atomic mass is 32.2. The van der Waals surface area contributed by atoms with Gasteiger partial charge in [0, 0.05) is 17.8 Å². The molecule has 0 spiro atoms. The summed E-state index contributed by atoms with van der Waals surface area (Å²) in [5, 5.41) is 9.37. The molecule has 1 fully saturated rings. The normalized spacial score (nSPS) is 26.5. The van der Waals surface area contributed by atoms with E-state index in [2.05, 4.69) is 13.5 Å². The van der Waals surface area contributed by atoms with Crippen molar-refractivity contribution in [2.24, 2.45) is 0 Å². The highest BCUT2D eigenvalue weighted by Gasteiger charge is 2.27. The molecule has 0 saturated carbocycles. The van der Waals surface area contributed by atoms with E-state index < -0.39 is 5.97 Å². The lowest BCUT2D eigenvalue weighted by Gasteiger charge is -2.36. The van der Waals surface area contributed by atoms with E-state index in [1.54, 1.807) is 6.08 Å². The van der Waals surface area contributed by atoms with Gasteiger partial charge in [0.25, 0.3) is 0 Å². The third-order valence-corrected chi connectivity index (χ3v) is 4.10. The van der Waals surface area contributed by atoms with Crippen LogP contribution in [-0.4, -0.2) is 46.1 Å². The maximum atomic E-state index is 10.8. The molecule has 0 bridgehead atoms. The van der Waals surface area contributed by atoms with E-state index in [-0.39, 0.29) is 6.54 Å². The molecule has 1 aliphatic rings. The summed E-state index contributed by atoms with van der Waals surface area (Å²) < 4.78 is 0. The molecule has 0 aromatic rings. The third-order valence-electron chi connectivity index (χ3n) is 2.74. The average Bonchev–Trinajstić information content (AvgIpc) is 2.17. The van der Waals surface area contributed by atoms with Crippen LogP contribution in [-0.2, 0) is 4.79 Å². The fraction of sp³-hybridized carbons (Fsp3) is 0.727. The van der Waals surface area contributed by atoms with Gasteiger partial charge in [-0.25, -0.2) is 0 Å². The number of carboxylic acids is 1. The molecule has 2 atom stereocenters. The number of carbonyl (C=O) groups is 1. The minimum absolute atomic E-state index is 0.127. The molecule has 0 radical (unpaired) electrons. The fourth-order valence-electron chi connectivity index (χ4n) is 2.04. The molecular weight excluding hydrogens is 210 g/mol.